The van der Waals surface area contributed by atoms with Crippen molar-refractivity contribution in [2.24, 2.45) is 11.8 Å². The molecule has 3 fully saturated rings. The van der Waals surface area contributed by atoms with Crippen LogP contribution in [0, 0.1) is 11.8 Å². The third-order valence-electron chi connectivity index (χ3n) is 8.29. The lowest BCUT2D eigenvalue weighted by Crippen LogP contribution is -2.57. The first kappa shape index (κ1) is 29.4. The average molecular weight is 631 g/mol. The average Bonchev–Trinajstić information content (AvgIpc) is 3.68. The van der Waals surface area contributed by atoms with Crippen molar-refractivity contribution in [2.45, 2.75) is 61.3 Å². The zero-order valence-electron chi connectivity index (χ0n) is 22.9. The Balaban J connectivity index is 1.45. The number of fused-ring (bicyclic) bond motifs is 2. The molecule has 3 aliphatic heterocycles. The molecular formula is C29H36BrN5O6. The van der Waals surface area contributed by atoms with Crippen LogP contribution >= 0.6 is 15.9 Å². The number of aliphatic hydroxyl groups excluding tert-OH is 1. The van der Waals surface area contributed by atoms with Crippen molar-refractivity contribution < 1.29 is 29.0 Å². The van der Waals surface area contributed by atoms with E-state index < -0.39 is 35.6 Å². The van der Waals surface area contributed by atoms with E-state index in [1.165, 1.54) is 4.90 Å². The highest BCUT2D eigenvalue weighted by atomic mass is 79.9. The second-order valence-electron chi connectivity index (χ2n) is 10.8. The fraction of sp³-hybridized carbons (Fsp3) is 0.552. The summed E-state index contributed by atoms with van der Waals surface area (Å²) in [5, 5.41) is 18.0. The molecule has 12 heteroatoms. The van der Waals surface area contributed by atoms with E-state index in [0.717, 1.165) is 18.4 Å². The van der Waals surface area contributed by atoms with Crippen LogP contribution in [0.25, 0.3) is 11.0 Å². The number of carbonyl (C=O) groups excluding carboxylic acids is 3. The molecule has 6 atom stereocenters. The van der Waals surface area contributed by atoms with Gasteiger partial charge in [0.1, 0.15) is 23.8 Å². The van der Waals surface area contributed by atoms with Crippen molar-refractivity contribution in [2.75, 3.05) is 26.3 Å². The van der Waals surface area contributed by atoms with E-state index in [4.69, 9.17) is 9.47 Å². The van der Waals surface area contributed by atoms with Gasteiger partial charge in [-0.25, -0.2) is 4.68 Å². The largest absolute Gasteiger partial charge is 0.465 e. The first-order valence-electron chi connectivity index (χ1n) is 14.1. The Kier molecular flexibility index (Phi) is 8.91. The van der Waals surface area contributed by atoms with Crippen LogP contribution in [0.5, 0.6) is 0 Å². The van der Waals surface area contributed by atoms with Crippen LogP contribution in [0.4, 0.5) is 0 Å². The molecule has 5 rings (SSSR count). The van der Waals surface area contributed by atoms with Gasteiger partial charge in [0, 0.05) is 24.5 Å². The molecule has 2 amide bonds. The van der Waals surface area contributed by atoms with Crippen LogP contribution in [0.15, 0.2) is 49.6 Å². The molecule has 1 aromatic heterocycles. The summed E-state index contributed by atoms with van der Waals surface area (Å²) in [6, 6.07) is 6.46. The molecule has 1 aromatic carbocycles. The molecule has 3 saturated heterocycles. The first-order chi connectivity index (χ1) is 19.9. The van der Waals surface area contributed by atoms with E-state index in [2.05, 4.69) is 39.4 Å². The number of alkyl halides is 1. The maximum atomic E-state index is 14.4. The number of unbranched alkanes of at least 4 members (excludes halogenated alkanes) is 2. The van der Waals surface area contributed by atoms with Crippen molar-refractivity contribution in [3.63, 3.8) is 0 Å². The molecule has 220 valence electrons. The Hall–Kier alpha value is -3.09. The molecule has 4 heterocycles. The normalized spacial score (nSPS) is 28.2. The summed E-state index contributed by atoms with van der Waals surface area (Å²) >= 11 is 3.67. The standard InChI is InChI=1S/C29H36BrN5O6/c1-3-5-6-9-16-40-28(39)22-23-26(37)34(14-10-15-36)25(29(23)17-19(30)24(22)41-29)27(38)33(13-4-2)18-35-21-12-8-7-11-20(21)31-32-35/h3-4,7-8,11-12,19,22-25,36H,1-2,5-6,9-10,13-18H2/t19?,22-,23+,24-,25?,29?/m1/s1. The molecule has 41 heavy (non-hydrogen) atoms. The summed E-state index contributed by atoms with van der Waals surface area (Å²) in [6.07, 6.45) is 5.89. The molecule has 2 bridgehead atoms. The minimum absolute atomic E-state index is 0.0853. The topological polar surface area (TPSA) is 127 Å². The Labute approximate surface area is 247 Å². The summed E-state index contributed by atoms with van der Waals surface area (Å²) in [7, 11) is 0. The number of hydrogen-bond donors (Lipinski definition) is 1. The zero-order chi connectivity index (χ0) is 29.1. The van der Waals surface area contributed by atoms with Gasteiger partial charge in [0.15, 0.2) is 0 Å². The van der Waals surface area contributed by atoms with E-state index in [9.17, 15) is 19.5 Å². The van der Waals surface area contributed by atoms with Gasteiger partial charge in [0.2, 0.25) is 11.8 Å². The Morgan fingerprint density at radius 3 is 2.80 bits per heavy atom. The number of hydrogen-bond acceptors (Lipinski definition) is 8. The molecule has 0 radical (unpaired) electrons. The molecule has 1 N–H and O–H groups in total. The number of aromatic nitrogens is 3. The lowest BCUT2D eigenvalue weighted by molar-refractivity contribution is -0.155. The number of esters is 1. The fourth-order valence-electron chi connectivity index (χ4n) is 6.55. The molecular weight excluding hydrogens is 594 g/mol. The van der Waals surface area contributed by atoms with Gasteiger partial charge in [0.05, 0.1) is 30.1 Å². The summed E-state index contributed by atoms with van der Waals surface area (Å²) in [6.45, 7) is 8.08. The molecule has 0 aliphatic carbocycles. The number of nitrogens with zero attached hydrogens (tertiary/aromatic N) is 5. The van der Waals surface area contributed by atoms with E-state index in [0.29, 0.717) is 18.4 Å². The van der Waals surface area contributed by atoms with E-state index >= 15 is 0 Å². The molecule has 11 nitrogen and oxygen atoms in total. The quantitative estimate of drug-likeness (QED) is 0.146. The Bertz CT molecular complexity index is 1320. The number of para-hydroxylation sites is 1. The van der Waals surface area contributed by atoms with Gasteiger partial charge < -0.3 is 24.4 Å². The van der Waals surface area contributed by atoms with Crippen molar-refractivity contribution in [3.8, 4) is 0 Å². The van der Waals surface area contributed by atoms with Gasteiger partial charge in [-0.1, -0.05) is 45.4 Å². The molecule has 3 unspecified atom stereocenters. The van der Waals surface area contributed by atoms with Gasteiger partial charge in [-0.3, -0.25) is 14.4 Å². The molecule has 2 aromatic rings. The third-order valence-corrected chi connectivity index (χ3v) is 9.13. The van der Waals surface area contributed by atoms with Crippen LogP contribution in [-0.2, 0) is 30.5 Å². The van der Waals surface area contributed by atoms with Gasteiger partial charge in [-0.15, -0.1) is 18.3 Å². The summed E-state index contributed by atoms with van der Waals surface area (Å²) in [5.74, 6) is -2.83. The van der Waals surface area contributed by atoms with Crippen LogP contribution in [0.2, 0.25) is 0 Å². The van der Waals surface area contributed by atoms with Crippen LogP contribution in [-0.4, -0.2) is 96.6 Å². The van der Waals surface area contributed by atoms with E-state index in [-0.39, 0.29) is 56.0 Å². The number of allylic oxidation sites excluding steroid dienone is 1. The smallest absolute Gasteiger partial charge is 0.312 e. The summed E-state index contributed by atoms with van der Waals surface area (Å²) in [4.78, 5) is 44.7. The van der Waals surface area contributed by atoms with Crippen LogP contribution in [0.1, 0.15) is 32.1 Å². The lowest BCUT2D eigenvalue weighted by atomic mass is 9.70. The molecule has 0 saturated carbocycles. The zero-order valence-corrected chi connectivity index (χ0v) is 24.5. The Morgan fingerprint density at radius 1 is 1.24 bits per heavy atom. The predicted octanol–water partition coefficient (Wildman–Crippen LogP) is 2.43. The number of benzene rings is 1. The second kappa shape index (κ2) is 12.4. The van der Waals surface area contributed by atoms with E-state index in [1.54, 1.807) is 15.7 Å². The third kappa shape index (κ3) is 5.21. The second-order valence-corrected chi connectivity index (χ2v) is 12.0. The molecule has 3 aliphatic rings. The summed E-state index contributed by atoms with van der Waals surface area (Å²) < 4.78 is 13.8. The van der Waals surface area contributed by atoms with Gasteiger partial charge in [-0.2, -0.15) is 0 Å². The van der Waals surface area contributed by atoms with Crippen molar-refractivity contribution in [3.05, 3.63) is 49.6 Å². The first-order valence-corrected chi connectivity index (χ1v) is 15.0. The predicted molar refractivity (Wildman–Crippen MR) is 154 cm³/mol. The molecule has 1 spiro atoms. The number of halogens is 1. The number of carbonyl (C=O) groups is 3. The number of rotatable bonds is 14. The SMILES string of the molecule is C=CCCCCOC(=O)[C@H]1[C@@H]2OC3(CC2Br)C(C(=O)N(CC=C)Cn2nnc4ccccc42)N(CCCO)C(=O)[C@H]13. The van der Waals surface area contributed by atoms with Crippen molar-refractivity contribution in [1.82, 2.24) is 24.8 Å². The van der Waals surface area contributed by atoms with E-state index in [1.807, 2.05) is 30.3 Å². The number of likely N-dealkylation sites (tertiary alicyclic amines) is 1. The number of amides is 2. The fourth-order valence-corrected chi connectivity index (χ4v) is 7.49. The highest BCUT2D eigenvalue weighted by Gasteiger charge is 2.77. The maximum absolute atomic E-state index is 14.4. The van der Waals surface area contributed by atoms with Gasteiger partial charge in [-0.05, 0) is 44.2 Å². The van der Waals surface area contributed by atoms with Gasteiger partial charge >= 0.3 is 5.97 Å². The van der Waals surface area contributed by atoms with Crippen LogP contribution in [0.3, 0.4) is 0 Å². The minimum atomic E-state index is -1.21. The monoisotopic (exact) mass is 629 g/mol. The highest BCUT2D eigenvalue weighted by Crippen LogP contribution is 2.60. The maximum Gasteiger partial charge on any atom is 0.312 e. The lowest BCUT2D eigenvalue weighted by Gasteiger charge is -2.37. The minimum Gasteiger partial charge on any atom is -0.465 e. The summed E-state index contributed by atoms with van der Waals surface area (Å²) in [5.41, 5.74) is 0.252. The van der Waals surface area contributed by atoms with Crippen LogP contribution < -0.4 is 0 Å². The van der Waals surface area contributed by atoms with Crippen molar-refractivity contribution >= 4 is 44.7 Å². The number of ether oxygens (including phenoxy) is 2. The number of aliphatic hydroxyl groups is 1. The Morgan fingerprint density at radius 2 is 2.05 bits per heavy atom. The highest BCUT2D eigenvalue weighted by molar-refractivity contribution is 9.09. The van der Waals surface area contributed by atoms with Crippen molar-refractivity contribution in [1.29, 1.82) is 0 Å². The van der Waals surface area contributed by atoms with Gasteiger partial charge in [0.25, 0.3) is 0 Å².